The van der Waals surface area contributed by atoms with Crippen LogP contribution in [0.2, 0.25) is 0 Å². The number of para-hydroxylation sites is 1. The lowest BCUT2D eigenvalue weighted by Gasteiger charge is -2.08. The minimum Gasteiger partial charge on any atom is -0.477 e. The highest BCUT2D eigenvalue weighted by Crippen LogP contribution is 2.30. The average molecular weight is 299 g/mol. The van der Waals surface area contributed by atoms with E-state index in [0.29, 0.717) is 16.6 Å². The van der Waals surface area contributed by atoms with Gasteiger partial charge in [0.2, 0.25) is 0 Å². The first-order chi connectivity index (χ1) is 10.6. The van der Waals surface area contributed by atoms with E-state index in [2.05, 4.69) is 4.98 Å². The van der Waals surface area contributed by atoms with Gasteiger partial charge in [-0.25, -0.2) is 18.6 Å². The number of carboxylic acid groups (broad SMARTS) is 1. The molecule has 3 nitrogen and oxygen atoms in total. The fourth-order valence-electron chi connectivity index (χ4n) is 2.34. The SMILES string of the molecule is O=C(O)c1ccc2cccc(-c3cccc(C(F)F)c3)c2n1. The Labute approximate surface area is 124 Å². The number of aromatic nitrogens is 1. The highest BCUT2D eigenvalue weighted by molar-refractivity contribution is 5.96. The number of aromatic carboxylic acids is 1. The number of pyridine rings is 1. The molecule has 0 atom stereocenters. The van der Waals surface area contributed by atoms with Crippen molar-refractivity contribution in [2.24, 2.45) is 0 Å². The monoisotopic (exact) mass is 299 g/mol. The van der Waals surface area contributed by atoms with Gasteiger partial charge < -0.3 is 5.11 Å². The van der Waals surface area contributed by atoms with Gasteiger partial charge >= 0.3 is 5.97 Å². The second-order valence-electron chi connectivity index (χ2n) is 4.81. The summed E-state index contributed by atoms with van der Waals surface area (Å²) in [5.41, 5.74) is 1.53. The maximum Gasteiger partial charge on any atom is 0.354 e. The molecule has 0 saturated carbocycles. The van der Waals surface area contributed by atoms with Crippen LogP contribution in [0, 0.1) is 0 Å². The fourth-order valence-corrected chi connectivity index (χ4v) is 2.34. The molecule has 5 heteroatoms. The second kappa shape index (κ2) is 5.52. The maximum absolute atomic E-state index is 12.9. The zero-order chi connectivity index (χ0) is 15.7. The lowest BCUT2D eigenvalue weighted by molar-refractivity contribution is 0.0691. The van der Waals surface area contributed by atoms with Crippen molar-refractivity contribution in [3.05, 3.63) is 65.9 Å². The van der Waals surface area contributed by atoms with E-state index in [1.54, 1.807) is 36.4 Å². The number of halogens is 2. The summed E-state index contributed by atoms with van der Waals surface area (Å²) in [5.74, 6) is -1.13. The summed E-state index contributed by atoms with van der Waals surface area (Å²) in [6.07, 6.45) is -2.56. The maximum atomic E-state index is 12.9. The number of alkyl halides is 2. The van der Waals surface area contributed by atoms with Gasteiger partial charge in [0, 0.05) is 16.5 Å². The van der Waals surface area contributed by atoms with E-state index in [1.807, 2.05) is 0 Å². The normalized spacial score (nSPS) is 11.0. The van der Waals surface area contributed by atoms with E-state index >= 15 is 0 Å². The highest BCUT2D eigenvalue weighted by Gasteiger charge is 2.12. The van der Waals surface area contributed by atoms with E-state index in [-0.39, 0.29) is 11.3 Å². The molecule has 1 heterocycles. The molecule has 22 heavy (non-hydrogen) atoms. The molecule has 0 amide bonds. The third-order valence-corrected chi connectivity index (χ3v) is 3.39. The van der Waals surface area contributed by atoms with E-state index in [1.165, 1.54) is 18.2 Å². The molecule has 0 aliphatic heterocycles. The largest absolute Gasteiger partial charge is 0.477 e. The number of hydrogen-bond acceptors (Lipinski definition) is 2. The van der Waals surface area contributed by atoms with Crippen LogP contribution in [0.25, 0.3) is 22.0 Å². The fraction of sp³-hybridized carbons (Fsp3) is 0.0588. The van der Waals surface area contributed by atoms with Gasteiger partial charge in [-0.2, -0.15) is 0 Å². The topological polar surface area (TPSA) is 50.2 Å². The van der Waals surface area contributed by atoms with Crippen molar-refractivity contribution in [2.45, 2.75) is 6.43 Å². The predicted molar refractivity (Wildman–Crippen MR) is 79.1 cm³/mol. The van der Waals surface area contributed by atoms with Crippen molar-refractivity contribution < 1.29 is 18.7 Å². The van der Waals surface area contributed by atoms with E-state index in [4.69, 9.17) is 5.11 Å². The van der Waals surface area contributed by atoms with E-state index in [9.17, 15) is 13.6 Å². The van der Waals surface area contributed by atoms with Crippen LogP contribution in [0.15, 0.2) is 54.6 Å². The number of rotatable bonds is 3. The summed E-state index contributed by atoms with van der Waals surface area (Å²) in [6.45, 7) is 0. The molecule has 0 radical (unpaired) electrons. The molecule has 1 aromatic heterocycles. The Kier molecular flexibility index (Phi) is 3.55. The molecule has 0 saturated heterocycles. The third-order valence-electron chi connectivity index (χ3n) is 3.39. The number of carbonyl (C=O) groups is 1. The molecule has 0 fully saturated rings. The Morgan fingerprint density at radius 3 is 2.55 bits per heavy atom. The Morgan fingerprint density at radius 2 is 1.82 bits per heavy atom. The van der Waals surface area contributed by atoms with E-state index in [0.717, 1.165) is 5.39 Å². The molecule has 0 aliphatic carbocycles. The molecular formula is C17H11F2NO2. The minimum absolute atomic E-state index is 0.0787. The minimum atomic E-state index is -2.56. The molecule has 0 bridgehead atoms. The Balaban J connectivity index is 2.24. The summed E-state index contributed by atoms with van der Waals surface area (Å²) in [6, 6.07) is 14.4. The van der Waals surface area contributed by atoms with Crippen molar-refractivity contribution in [3.8, 4) is 11.1 Å². The van der Waals surface area contributed by atoms with Gasteiger partial charge in [0.15, 0.2) is 0 Å². The molecule has 2 aromatic carbocycles. The Bertz CT molecular complexity index is 862. The standard InChI is InChI=1S/C17H11F2NO2/c18-16(19)12-5-1-4-11(9-12)13-6-2-3-10-7-8-14(17(21)22)20-15(10)13/h1-9,16H,(H,21,22). The molecule has 110 valence electrons. The third kappa shape index (κ3) is 2.53. The zero-order valence-electron chi connectivity index (χ0n) is 11.3. The lowest BCUT2D eigenvalue weighted by atomic mass is 10.00. The number of carboxylic acids is 1. The summed E-state index contributed by atoms with van der Waals surface area (Å²) in [4.78, 5) is 15.2. The van der Waals surface area contributed by atoms with Gasteiger partial charge in [-0.05, 0) is 17.7 Å². The first-order valence-corrected chi connectivity index (χ1v) is 6.58. The molecule has 0 spiro atoms. The van der Waals surface area contributed by atoms with Gasteiger partial charge in [-0.3, -0.25) is 0 Å². The first-order valence-electron chi connectivity index (χ1n) is 6.58. The smallest absolute Gasteiger partial charge is 0.354 e. The van der Waals surface area contributed by atoms with Crippen molar-refractivity contribution in [2.75, 3.05) is 0 Å². The molecule has 0 aliphatic rings. The zero-order valence-corrected chi connectivity index (χ0v) is 11.3. The summed E-state index contributed by atoms with van der Waals surface area (Å²) in [5, 5.41) is 9.82. The number of hydrogen-bond donors (Lipinski definition) is 1. The lowest BCUT2D eigenvalue weighted by Crippen LogP contribution is -2.00. The Morgan fingerprint density at radius 1 is 1.05 bits per heavy atom. The van der Waals surface area contributed by atoms with Crippen LogP contribution >= 0.6 is 0 Å². The van der Waals surface area contributed by atoms with Crippen molar-refractivity contribution in [3.63, 3.8) is 0 Å². The second-order valence-corrected chi connectivity index (χ2v) is 4.81. The van der Waals surface area contributed by atoms with Crippen molar-refractivity contribution in [1.29, 1.82) is 0 Å². The quantitative estimate of drug-likeness (QED) is 0.772. The summed E-state index contributed by atoms with van der Waals surface area (Å²) >= 11 is 0. The van der Waals surface area contributed by atoms with Crippen LogP contribution in [0.5, 0.6) is 0 Å². The molecule has 3 rings (SSSR count). The van der Waals surface area contributed by atoms with Crippen molar-refractivity contribution >= 4 is 16.9 Å². The van der Waals surface area contributed by atoms with Crippen LogP contribution in [0.4, 0.5) is 8.78 Å². The van der Waals surface area contributed by atoms with Crippen LogP contribution in [-0.2, 0) is 0 Å². The predicted octanol–water partition coefficient (Wildman–Crippen LogP) is 4.54. The van der Waals surface area contributed by atoms with Crippen LogP contribution in [0.1, 0.15) is 22.5 Å². The van der Waals surface area contributed by atoms with Gasteiger partial charge in [0.05, 0.1) is 5.52 Å². The molecule has 0 unspecified atom stereocenters. The molecule has 1 N–H and O–H groups in total. The first kappa shape index (κ1) is 14.1. The van der Waals surface area contributed by atoms with Crippen LogP contribution < -0.4 is 0 Å². The number of fused-ring (bicyclic) bond motifs is 1. The number of nitrogens with zero attached hydrogens (tertiary/aromatic N) is 1. The number of benzene rings is 2. The van der Waals surface area contributed by atoms with Gasteiger partial charge in [0.25, 0.3) is 6.43 Å². The van der Waals surface area contributed by atoms with Gasteiger partial charge in [-0.15, -0.1) is 0 Å². The summed E-state index contributed by atoms with van der Waals surface area (Å²) < 4.78 is 25.7. The Hall–Kier alpha value is -2.82. The van der Waals surface area contributed by atoms with E-state index < -0.39 is 12.4 Å². The van der Waals surface area contributed by atoms with Gasteiger partial charge in [0.1, 0.15) is 5.69 Å². The van der Waals surface area contributed by atoms with Gasteiger partial charge in [-0.1, -0.05) is 42.5 Å². The van der Waals surface area contributed by atoms with Crippen molar-refractivity contribution in [1.82, 2.24) is 4.98 Å². The van der Waals surface area contributed by atoms with Crippen LogP contribution in [0.3, 0.4) is 0 Å². The van der Waals surface area contributed by atoms with Crippen LogP contribution in [-0.4, -0.2) is 16.1 Å². The molecular weight excluding hydrogens is 288 g/mol. The average Bonchev–Trinajstić information content (AvgIpc) is 2.53. The summed E-state index contributed by atoms with van der Waals surface area (Å²) in [7, 11) is 0. The molecule has 3 aromatic rings. The highest BCUT2D eigenvalue weighted by atomic mass is 19.3.